The number of nitrogens with one attached hydrogen (secondary N) is 1. The van der Waals surface area contributed by atoms with Crippen LogP contribution in [-0.2, 0) is 27.8 Å². The van der Waals surface area contributed by atoms with Gasteiger partial charge in [0.25, 0.3) is 0 Å². The fourth-order valence-electron chi connectivity index (χ4n) is 2.54. The highest BCUT2D eigenvalue weighted by atomic mass is 35.5. The second kappa shape index (κ2) is 6.79. The first-order chi connectivity index (χ1) is 11.4. The van der Waals surface area contributed by atoms with Crippen LogP contribution in [0.2, 0.25) is 5.02 Å². The molecule has 9 heteroatoms. The molecule has 1 aliphatic rings. The number of hydrogen-bond donors (Lipinski definition) is 1. The Balaban J connectivity index is 1.97. The van der Waals surface area contributed by atoms with Crippen LogP contribution in [-0.4, -0.2) is 30.7 Å². The number of sulfonamides is 1. The van der Waals surface area contributed by atoms with Gasteiger partial charge in [-0.15, -0.1) is 11.3 Å². The van der Waals surface area contributed by atoms with E-state index in [9.17, 15) is 13.2 Å². The van der Waals surface area contributed by atoms with Crippen LogP contribution in [0.15, 0.2) is 28.6 Å². The van der Waals surface area contributed by atoms with Gasteiger partial charge in [-0.2, -0.15) is 4.31 Å². The number of rotatable bonds is 4. The van der Waals surface area contributed by atoms with Crippen molar-refractivity contribution in [2.24, 2.45) is 0 Å². The number of fused-ring (bicyclic) bond motifs is 1. The number of amides is 1. The van der Waals surface area contributed by atoms with Crippen LogP contribution in [0.25, 0.3) is 0 Å². The zero-order valence-corrected chi connectivity index (χ0v) is 15.3. The Hall–Kier alpha value is -1.48. The van der Waals surface area contributed by atoms with Crippen molar-refractivity contribution in [3.63, 3.8) is 0 Å². The predicted octanol–water partition coefficient (Wildman–Crippen LogP) is 2.89. The number of anilines is 1. The normalized spacial score (nSPS) is 15.0. The van der Waals surface area contributed by atoms with Crippen molar-refractivity contribution in [2.45, 2.75) is 30.7 Å². The lowest BCUT2D eigenvalue weighted by Crippen LogP contribution is -2.27. The molecule has 0 aliphatic carbocycles. The molecule has 6 nitrogen and oxygen atoms in total. The van der Waals surface area contributed by atoms with Crippen molar-refractivity contribution in [3.05, 3.63) is 39.3 Å². The standard InChI is InChI=1S/C15H16ClN3O3S2/c1-19(9-15-17-5-6-23-15)24(21,22)13-8-12-10(7-11(13)16)3-2-4-14(20)18-12/h5-8H,2-4,9H2,1H3,(H,18,20). The minimum atomic E-state index is -3.79. The summed E-state index contributed by atoms with van der Waals surface area (Å²) in [5, 5.41) is 5.41. The summed E-state index contributed by atoms with van der Waals surface area (Å²) in [5.74, 6) is -0.115. The largest absolute Gasteiger partial charge is 0.326 e. The van der Waals surface area contributed by atoms with Crippen LogP contribution in [0.3, 0.4) is 0 Å². The number of benzene rings is 1. The second-order valence-electron chi connectivity index (χ2n) is 5.53. The summed E-state index contributed by atoms with van der Waals surface area (Å²) in [7, 11) is -2.31. The summed E-state index contributed by atoms with van der Waals surface area (Å²) in [4.78, 5) is 15.8. The minimum absolute atomic E-state index is 0.0100. The first-order valence-electron chi connectivity index (χ1n) is 7.35. The average molecular weight is 386 g/mol. The maximum absolute atomic E-state index is 12.8. The first-order valence-corrected chi connectivity index (χ1v) is 10.0. The van der Waals surface area contributed by atoms with Gasteiger partial charge in [0.1, 0.15) is 9.90 Å². The molecule has 0 atom stereocenters. The Labute approximate surface area is 149 Å². The number of aromatic nitrogens is 1. The van der Waals surface area contributed by atoms with Crippen LogP contribution in [0.1, 0.15) is 23.4 Å². The van der Waals surface area contributed by atoms with E-state index in [0.29, 0.717) is 30.0 Å². The molecule has 1 N–H and O–H groups in total. The highest BCUT2D eigenvalue weighted by molar-refractivity contribution is 7.89. The average Bonchev–Trinajstić information content (AvgIpc) is 2.95. The van der Waals surface area contributed by atoms with E-state index in [0.717, 1.165) is 5.56 Å². The smallest absolute Gasteiger partial charge is 0.244 e. The van der Waals surface area contributed by atoms with Crippen molar-refractivity contribution < 1.29 is 13.2 Å². The SMILES string of the molecule is CN(Cc1nccs1)S(=O)(=O)c1cc2c(cc1Cl)CCCC(=O)N2. The highest BCUT2D eigenvalue weighted by Crippen LogP contribution is 2.33. The van der Waals surface area contributed by atoms with Crippen LogP contribution in [0, 0.1) is 0 Å². The van der Waals surface area contributed by atoms with Gasteiger partial charge in [-0.05, 0) is 30.5 Å². The van der Waals surface area contributed by atoms with E-state index in [4.69, 9.17) is 11.6 Å². The van der Waals surface area contributed by atoms with Gasteiger partial charge in [-0.3, -0.25) is 4.79 Å². The molecule has 1 aromatic carbocycles. The topological polar surface area (TPSA) is 79.4 Å². The summed E-state index contributed by atoms with van der Waals surface area (Å²) in [5.41, 5.74) is 1.37. The van der Waals surface area contributed by atoms with Gasteiger partial charge in [0, 0.05) is 30.7 Å². The molecule has 0 radical (unpaired) electrons. The fourth-order valence-corrected chi connectivity index (χ4v) is 4.97. The Kier molecular flexibility index (Phi) is 4.91. The number of thiazole rings is 1. The first kappa shape index (κ1) is 17.3. The lowest BCUT2D eigenvalue weighted by molar-refractivity contribution is -0.116. The Morgan fingerprint density at radius 1 is 1.38 bits per heavy atom. The predicted molar refractivity (Wildman–Crippen MR) is 93.8 cm³/mol. The highest BCUT2D eigenvalue weighted by Gasteiger charge is 2.27. The summed E-state index contributed by atoms with van der Waals surface area (Å²) in [6, 6.07) is 3.08. The van der Waals surface area contributed by atoms with E-state index < -0.39 is 10.0 Å². The number of carbonyl (C=O) groups excluding carboxylic acids is 1. The van der Waals surface area contributed by atoms with E-state index >= 15 is 0 Å². The van der Waals surface area contributed by atoms with Crippen molar-refractivity contribution in [3.8, 4) is 0 Å². The summed E-state index contributed by atoms with van der Waals surface area (Å²) >= 11 is 7.62. The molecule has 1 aromatic heterocycles. The molecule has 0 saturated carbocycles. The lowest BCUT2D eigenvalue weighted by atomic mass is 10.1. The van der Waals surface area contributed by atoms with E-state index in [1.54, 1.807) is 17.6 Å². The van der Waals surface area contributed by atoms with Crippen molar-refractivity contribution in [1.29, 1.82) is 0 Å². The molecule has 0 bridgehead atoms. The van der Waals surface area contributed by atoms with Gasteiger partial charge in [0.2, 0.25) is 15.9 Å². The van der Waals surface area contributed by atoms with Gasteiger partial charge < -0.3 is 5.32 Å². The Morgan fingerprint density at radius 2 is 2.17 bits per heavy atom. The summed E-state index contributed by atoms with van der Waals surface area (Å²) in [6.45, 7) is 0.166. The molecule has 1 aliphatic heterocycles. The monoisotopic (exact) mass is 385 g/mol. The third kappa shape index (κ3) is 3.46. The molecular formula is C15H16ClN3O3S2. The van der Waals surface area contributed by atoms with Gasteiger partial charge in [0.05, 0.1) is 11.6 Å². The third-order valence-corrected chi connectivity index (χ3v) is 6.84. The quantitative estimate of drug-likeness (QED) is 0.877. The molecule has 24 heavy (non-hydrogen) atoms. The number of hydrogen-bond acceptors (Lipinski definition) is 5. The van der Waals surface area contributed by atoms with Gasteiger partial charge in [0.15, 0.2) is 0 Å². The van der Waals surface area contributed by atoms with Crippen molar-refractivity contribution in [2.75, 3.05) is 12.4 Å². The molecule has 3 rings (SSSR count). The molecule has 2 aromatic rings. The fraction of sp³-hybridized carbons (Fsp3) is 0.333. The second-order valence-corrected chi connectivity index (χ2v) is 8.93. The molecule has 0 spiro atoms. The molecule has 128 valence electrons. The zero-order valence-electron chi connectivity index (χ0n) is 13.0. The Bertz CT molecular complexity index is 866. The van der Waals surface area contributed by atoms with E-state index in [2.05, 4.69) is 10.3 Å². The molecule has 2 heterocycles. The molecule has 1 amide bonds. The molecular weight excluding hydrogens is 370 g/mol. The molecule has 0 fully saturated rings. The Morgan fingerprint density at radius 3 is 2.88 bits per heavy atom. The number of carbonyl (C=O) groups is 1. The van der Waals surface area contributed by atoms with Crippen LogP contribution in [0.5, 0.6) is 0 Å². The maximum Gasteiger partial charge on any atom is 0.244 e. The number of nitrogens with zero attached hydrogens (tertiary/aromatic N) is 2. The molecule has 0 unspecified atom stereocenters. The zero-order chi connectivity index (χ0) is 17.3. The number of aryl methyl sites for hydroxylation is 1. The van der Waals surface area contributed by atoms with Crippen molar-refractivity contribution >= 4 is 44.6 Å². The minimum Gasteiger partial charge on any atom is -0.326 e. The number of halogens is 1. The van der Waals surface area contributed by atoms with Crippen LogP contribution in [0.4, 0.5) is 5.69 Å². The van der Waals surface area contributed by atoms with Crippen molar-refractivity contribution in [1.82, 2.24) is 9.29 Å². The van der Waals surface area contributed by atoms with Gasteiger partial charge in [-0.1, -0.05) is 11.6 Å². The lowest BCUT2D eigenvalue weighted by Gasteiger charge is -2.18. The van der Waals surface area contributed by atoms with Crippen LogP contribution < -0.4 is 5.32 Å². The molecule has 0 saturated heterocycles. The van der Waals surface area contributed by atoms with E-state index in [1.807, 2.05) is 0 Å². The van der Waals surface area contributed by atoms with E-state index in [1.165, 1.54) is 28.8 Å². The van der Waals surface area contributed by atoms with Crippen LogP contribution >= 0.6 is 22.9 Å². The maximum atomic E-state index is 12.8. The van der Waals surface area contributed by atoms with Gasteiger partial charge >= 0.3 is 0 Å². The van der Waals surface area contributed by atoms with Gasteiger partial charge in [-0.25, -0.2) is 13.4 Å². The summed E-state index contributed by atoms with van der Waals surface area (Å²) < 4.78 is 26.9. The van der Waals surface area contributed by atoms with E-state index in [-0.39, 0.29) is 22.4 Å². The third-order valence-electron chi connectivity index (χ3n) is 3.81. The summed E-state index contributed by atoms with van der Waals surface area (Å²) in [6.07, 6.45) is 3.44.